The second-order valence-electron chi connectivity index (χ2n) is 4.13. The van der Waals surface area contributed by atoms with Crippen LogP contribution in [-0.2, 0) is 24.3 Å². The summed E-state index contributed by atoms with van der Waals surface area (Å²) in [5.74, 6) is -1.69. The fourth-order valence-corrected chi connectivity index (χ4v) is 2.33. The lowest BCUT2D eigenvalue weighted by Gasteiger charge is -2.12. The van der Waals surface area contributed by atoms with Crippen LogP contribution in [0, 0.1) is 11.5 Å². The molecule has 10 nitrogen and oxygen atoms in total. The quantitative estimate of drug-likeness (QED) is 0.245. The Balaban J connectivity index is 3.32. The van der Waals surface area contributed by atoms with Gasteiger partial charge in [-0.05, 0) is 25.1 Å². The van der Waals surface area contributed by atoms with Gasteiger partial charge in [-0.25, -0.2) is 23.1 Å². The van der Waals surface area contributed by atoms with E-state index in [9.17, 15) is 18.0 Å². The van der Waals surface area contributed by atoms with Crippen LogP contribution in [0.25, 0.3) is 0 Å². The van der Waals surface area contributed by atoms with Crippen LogP contribution in [0.4, 0.5) is 5.69 Å². The number of methoxy groups -OCH3 is 1. The van der Waals surface area contributed by atoms with Crippen LogP contribution in [0.15, 0.2) is 28.2 Å². The van der Waals surface area contributed by atoms with Gasteiger partial charge in [0.1, 0.15) is 6.21 Å². The summed E-state index contributed by atoms with van der Waals surface area (Å²) in [6.07, 6.45) is 2.38. The smallest absolute Gasteiger partial charge is 0.351 e. The third kappa shape index (κ3) is 4.77. The first-order valence-electron chi connectivity index (χ1n) is 6.40. The molecule has 0 saturated heterocycles. The summed E-state index contributed by atoms with van der Waals surface area (Å²) >= 11 is 0. The molecule has 0 bridgehead atoms. The van der Waals surface area contributed by atoms with Crippen molar-refractivity contribution in [3.8, 4) is 6.19 Å². The summed E-state index contributed by atoms with van der Waals surface area (Å²) in [6.45, 7) is 1.72. The number of carbonyl (C=O) groups excluding carboxylic acids is 2. The van der Waals surface area contributed by atoms with Crippen molar-refractivity contribution in [3.05, 3.63) is 23.8 Å². The Bertz CT molecular complexity index is 812. The Morgan fingerprint density at radius 3 is 2.62 bits per heavy atom. The number of benzene rings is 1. The van der Waals surface area contributed by atoms with E-state index in [1.165, 1.54) is 6.07 Å². The predicted molar refractivity (Wildman–Crippen MR) is 82.4 cm³/mol. The van der Waals surface area contributed by atoms with Gasteiger partial charge < -0.3 is 9.47 Å². The van der Waals surface area contributed by atoms with Crippen LogP contribution in [0.2, 0.25) is 0 Å². The number of primary sulfonamides is 1. The summed E-state index contributed by atoms with van der Waals surface area (Å²) in [5, 5.41) is 18.4. The molecule has 0 heterocycles. The lowest BCUT2D eigenvalue weighted by Crippen LogP contribution is -2.19. The molecule has 0 spiro atoms. The fraction of sp³-hybridized carbons (Fsp3) is 0.231. The number of hydrogen-bond acceptors (Lipinski definition) is 9. The van der Waals surface area contributed by atoms with E-state index in [0.29, 0.717) is 5.01 Å². The van der Waals surface area contributed by atoms with Crippen molar-refractivity contribution in [3.63, 3.8) is 0 Å². The second-order valence-corrected chi connectivity index (χ2v) is 5.66. The molecular formula is C13H14N4O6S. The molecule has 0 radical (unpaired) electrons. The Hall–Kier alpha value is -2.97. The van der Waals surface area contributed by atoms with Crippen molar-refractivity contribution in [2.24, 2.45) is 10.2 Å². The van der Waals surface area contributed by atoms with Crippen molar-refractivity contribution < 1.29 is 27.5 Å². The Morgan fingerprint density at radius 1 is 1.46 bits per heavy atom. The summed E-state index contributed by atoms with van der Waals surface area (Å²) in [7, 11) is -3.20. The highest BCUT2D eigenvalue weighted by molar-refractivity contribution is 7.89. The number of nitriles is 1. The maximum atomic E-state index is 11.6. The standard InChI is InChI=1S/C13H14N4O6S/c1-3-23-12(18)7-16-17(8-14)9-4-5-10(13(19)22-2)11(6-9)24(15,20)21/h4-7H,3H2,1-2H3,(H2,15,20,21). The maximum Gasteiger partial charge on any atom is 0.351 e. The van der Waals surface area contributed by atoms with Gasteiger partial charge in [-0.1, -0.05) is 0 Å². The lowest BCUT2D eigenvalue weighted by molar-refractivity contribution is -0.134. The van der Waals surface area contributed by atoms with Crippen LogP contribution in [-0.4, -0.2) is 40.3 Å². The predicted octanol–water partition coefficient (Wildman–Crippen LogP) is -0.0430. The minimum atomic E-state index is -4.27. The number of nitrogens with two attached hydrogens (primary N) is 1. The number of sulfonamides is 1. The molecule has 0 aromatic heterocycles. The van der Waals surface area contributed by atoms with E-state index < -0.39 is 26.9 Å². The van der Waals surface area contributed by atoms with Crippen molar-refractivity contribution in [2.45, 2.75) is 11.8 Å². The van der Waals surface area contributed by atoms with Gasteiger partial charge in [0, 0.05) is 0 Å². The Kier molecular flexibility index (Phi) is 6.39. The zero-order chi connectivity index (χ0) is 18.3. The molecule has 1 rings (SSSR count). The first-order chi connectivity index (χ1) is 11.2. The largest absolute Gasteiger partial charge is 0.465 e. The molecule has 0 aliphatic heterocycles. The average molecular weight is 354 g/mol. The minimum absolute atomic E-state index is 0.0327. The zero-order valence-electron chi connectivity index (χ0n) is 12.8. The van der Waals surface area contributed by atoms with Crippen molar-refractivity contribution in [1.82, 2.24) is 0 Å². The molecule has 0 aliphatic rings. The van der Waals surface area contributed by atoms with Gasteiger partial charge in [0.15, 0.2) is 0 Å². The number of esters is 2. The van der Waals surface area contributed by atoms with E-state index in [1.54, 1.807) is 13.1 Å². The highest BCUT2D eigenvalue weighted by Gasteiger charge is 2.22. The van der Waals surface area contributed by atoms with Gasteiger partial charge in [0.25, 0.3) is 0 Å². The van der Waals surface area contributed by atoms with Gasteiger partial charge in [-0.15, -0.1) is 0 Å². The first-order valence-corrected chi connectivity index (χ1v) is 7.95. The van der Waals surface area contributed by atoms with Crippen molar-refractivity contribution in [2.75, 3.05) is 18.7 Å². The summed E-state index contributed by atoms with van der Waals surface area (Å²) < 4.78 is 32.4. The third-order valence-corrected chi connectivity index (χ3v) is 3.53. The molecule has 0 aliphatic carbocycles. The molecular weight excluding hydrogens is 340 g/mol. The van der Waals surface area contributed by atoms with E-state index in [0.717, 1.165) is 25.5 Å². The van der Waals surface area contributed by atoms with Crippen molar-refractivity contribution in [1.29, 1.82) is 5.26 Å². The Morgan fingerprint density at radius 2 is 2.12 bits per heavy atom. The SMILES string of the molecule is CCOC(=O)C=NN(C#N)c1ccc(C(=O)OC)c(S(N)(=O)=O)c1. The van der Waals surface area contributed by atoms with E-state index >= 15 is 0 Å². The maximum absolute atomic E-state index is 11.6. The molecule has 1 aromatic carbocycles. The van der Waals surface area contributed by atoms with Gasteiger partial charge in [-0.3, -0.25) is 0 Å². The molecule has 0 amide bonds. The van der Waals surface area contributed by atoms with Crippen LogP contribution in [0.5, 0.6) is 0 Å². The third-order valence-electron chi connectivity index (χ3n) is 2.58. The fourth-order valence-electron chi connectivity index (χ4n) is 1.59. The summed E-state index contributed by atoms with van der Waals surface area (Å²) in [4.78, 5) is 22.3. The van der Waals surface area contributed by atoms with Gasteiger partial charge in [-0.2, -0.15) is 15.4 Å². The number of carbonyl (C=O) groups is 2. The number of rotatable bonds is 6. The average Bonchev–Trinajstić information content (AvgIpc) is 2.54. The highest BCUT2D eigenvalue weighted by Crippen LogP contribution is 2.23. The summed E-state index contributed by atoms with van der Waals surface area (Å²) in [5.41, 5.74) is -0.328. The molecule has 0 saturated carbocycles. The summed E-state index contributed by atoms with van der Waals surface area (Å²) in [6, 6.07) is 3.32. The normalized spacial score (nSPS) is 10.9. The van der Waals surface area contributed by atoms with E-state index in [2.05, 4.69) is 14.6 Å². The van der Waals surface area contributed by atoms with Gasteiger partial charge >= 0.3 is 11.9 Å². The number of ether oxygens (including phenoxy) is 2. The topological polar surface area (TPSA) is 152 Å². The van der Waals surface area contributed by atoms with Crippen molar-refractivity contribution >= 4 is 33.9 Å². The van der Waals surface area contributed by atoms with Crippen LogP contribution >= 0.6 is 0 Å². The van der Waals surface area contributed by atoms with Crippen LogP contribution in [0.1, 0.15) is 17.3 Å². The highest BCUT2D eigenvalue weighted by atomic mass is 32.2. The molecule has 128 valence electrons. The lowest BCUT2D eigenvalue weighted by atomic mass is 10.2. The van der Waals surface area contributed by atoms with Gasteiger partial charge in [0.05, 0.1) is 29.9 Å². The molecule has 0 unspecified atom stereocenters. The zero-order valence-corrected chi connectivity index (χ0v) is 13.6. The van der Waals surface area contributed by atoms with Crippen LogP contribution in [0.3, 0.4) is 0 Å². The molecule has 24 heavy (non-hydrogen) atoms. The first kappa shape index (κ1) is 19.1. The molecule has 2 N–H and O–H groups in total. The minimum Gasteiger partial charge on any atom is -0.465 e. The number of anilines is 1. The second kappa shape index (κ2) is 8.04. The van der Waals surface area contributed by atoms with E-state index in [-0.39, 0.29) is 17.9 Å². The van der Waals surface area contributed by atoms with Crippen LogP contribution < -0.4 is 10.1 Å². The number of hydrazone groups is 1. The molecule has 11 heteroatoms. The molecule has 1 aromatic rings. The van der Waals surface area contributed by atoms with E-state index in [4.69, 9.17) is 10.4 Å². The van der Waals surface area contributed by atoms with E-state index in [1.807, 2.05) is 0 Å². The van der Waals surface area contributed by atoms with Gasteiger partial charge in [0.2, 0.25) is 16.2 Å². The monoisotopic (exact) mass is 354 g/mol. The number of nitrogens with zero attached hydrogens (tertiary/aromatic N) is 3. The Labute approximate surface area is 138 Å². The number of hydrogen-bond donors (Lipinski definition) is 1. The molecule has 0 fully saturated rings. The molecule has 0 atom stereocenters.